The lowest BCUT2D eigenvalue weighted by Crippen LogP contribution is -2.34. The van der Waals surface area contributed by atoms with Gasteiger partial charge in [-0.15, -0.1) is 0 Å². The fraction of sp³-hybridized carbons (Fsp3) is 1.00. The summed E-state index contributed by atoms with van der Waals surface area (Å²) in [4.78, 5) is 0. The van der Waals surface area contributed by atoms with Crippen LogP contribution in [0, 0.1) is 16.7 Å². The topological polar surface area (TPSA) is 33.3 Å². The van der Waals surface area contributed by atoms with E-state index < -0.39 is 0 Å². The number of nitrogens with one attached hydrogen (secondary N) is 2. The predicted molar refractivity (Wildman–Crippen MR) is 75.8 cm³/mol. The number of ether oxygens (including phenoxy) is 1. The van der Waals surface area contributed by atoms with Gasteiger partial charge in [0.05, 0.1) is 12.7 Å². The Morgan fingerprint density at radius 1 is 1.11 bits per heavy atom. The van der Waals surface area contributed by atoms with Crippen molar-refractivity contribution in [1.29, 1.82) is 0 Å². The molecule has 1 saturated carbocycles. The highest BCUT2D eigenvalue weighted by Gasteiger charge is 2.63. The molecule has 0 aromatic heterocycles. The number of hydrogen-bond acceptors (Lipinski definition) is 3. The van der Waals surface area contributed by atoms with Crippen molar-refractivity contribution in [2.24, 2.45) is 16.7 Å². The van der Waals surface area contributed by atoms with E-state index in [0.717, 1.165) is 38.7 Å². The van der Waals surface area contributed by atoms with Crippen LogP contribution >= 0.6 is 0 Å². The second-order valence-electron chi connectivity index (χ2n) is 7.02. The first-order chi connectivity index (χ1) is 8.46. The first-order valence-corrected chi connectivity index (χ1v) is 7.49. The van der Waals surface area contributed by atoms with Crippen molar-refractivity contribution in [3.05, 3.63) is 0 Å². The molecule has 0 radical (unpaired) electrons. The molecular weight excluding hydrogens is 224 g/mol. The molecule has 1 aliphatic heterocycles. The molecule has 0 bridgehead atoms. The molecule has 1 heterocycles. The van der Waals surface area contributed by atoms with Crippen molar-refractivity contribution in [1.82, 2.24) is 10.6 Å². The Hall–Kier alpha value is -0.120. The van der Waals surface area contributed by atoms with Gasteiger partial charge in [0.2, 0.25) is 0 Å². The minimum Gasteiger partial charge on any atom is -0.377 e. The maximum Gasteiger partial charge on any atom is 0.0600 e. The molecule has 1 saturated heterocycles. The van der Waals surface area contributed by atoms with Crippen LogP contribution in [-0.4, -0.2) is 38.9 Å². The zero-order valence-corrected chi connectivity index (χ0v) is 12.5. The average Bonchev–Trinajstić information content (AvgIpc) is 2.72. The van der Waals surface area contributed by atoms with Crippen LogP contribution in [0.3, 0.4) is 0 Å². The van der Waals surface area contributed by atoms with Gasteiger partial charge >= 0.3 is 0 Å². The van der Waals surface area contributed by atoms with Gasteiger partial charge in [0.15, 0.2) is 0 Å². The third-order valence-corrected chi connectivity index (χ3v) is 5.59. The Kier molecular flexibility index (Phi) is 4.35. The summed E-state index contributed by atoms with van der Waals surface area (Å²) in [7, 11) is 0. The van der Waals surface area contributed by atoms with Crippen LogP contribution < -0.4 is 10.6 Å². The highest BCUT2D eigenvalue weighted by atomic mass is 16.5. The maximum absolute atomic E-state index is 5.89. The average molecular weight is 254 g/mol. The third kappa shape index (κ3) is 2.89. The summed E-state index contributed by atoms with van der Waals surface area (Å²) in [6.07, 6.45) is 2.83. The second-order valence-corrected chi connectivity index (χ2v) is 7.02. The molecule has 1 aliphatic carbocycles. The molecule has 2 rings (SSSR count). The van der Waals surface area contributed by atoms with Crippen molar-refractivity contribution in [2.45, 2.75) is 46.6 Å². The van der Waals surface area contributed by atoms with Gasteiger partial charge in [-0.1, -0.05) is 27.7 Å². The molecular formula is C15H30N2O. The second kappa shape index (κ2) is 5.48. The molecule has 2 N–H and O–H groups in total. The van der Waals surface area contributed by atoms with Crippen LogP contribution in [0.25, 0.3) is 0 Å². The van der Waals surface area contributed by atoms with E-state index in [2.05, 4.69) is 38.3 Å². The summed E-state index contributed by atoms with van der Waals surface area (Å²) < 4.78 is 5.89. The van der Waals surface area contributed by atoms with Gasteiger partial charge in [-0.3, -0.25) is 0 Å². The van der Waals surface area contributed by atoms with Crippen LogP contribution in [-0.2, 0) is 4.74 Å². The molecule has 2 fully saturated rings. The van der Waals surface area contributed by atoms with E-state index in [-0.39, 0.29) is 0 Å². The number of piperidine rings is 1. The van der Waals surface area contributed by atoms with E-state index in [4.69, 9.17) is 4.74 Å². The third-order valence-electron chi connectivity index (χ3n) is 5.59. The predicted octanol–water partition coefficient (Wildman–Crippen LogP) is 2.03. The summed E-state index contributed by atoms with van der Waals surface area (Å²) in [5.41, 5.74) is 0.992. The standard InChI is InChI=1S/C15H30N2O/c1-14(2)13(15(14,3)4)11-17-9-10-18-12-5-7-16-8-6-12/h12-13,16-17H,5-11H2,1-4H3. The van der Waals surface area contributed by atoms with E-state index in [0.29, 0.717) is 16.9 Å². The van der Waals surface area contributed by atoms with Gasteiger partial charge in [-0.2, -0.15) is 0 Å². The van der Waals surface area contributed by atoms with E-state index >= 15 is 0 Å². The van der Waals surface area contributed by atoms with Crippen molar-refractivity contribution in [2.75, 3.05) is 32.8 Å². The maximum atomic E-state index is 5.89. The summed E-state index contributed by atoms with van der Waals surface area (Å²) in [6.45, 7) is 14.7. The normalized spacial score (nSPS) is 27.3. The lowest BCUT2D eigenvalue weighted by Gasteiger charge is -2.23. The lowest BCUT2D eigenvalue weighted by atomic mass is 10.0. The smallest absolute Gasteiger partial charge is 0.0600 e. The van der Waals surface area contributed by atoms with Gasteiger partial charge in [-0.25, -0.2) is 0 Å². The Balaban J connectivity index is 1.52. The summed E-state index contributed by atoms with van der Waals surface area (Å²) in [6, 6.07) is 0. The summed E-state index contributed by atoms with van der Waals surface area (Å²) in [5, 5.41) is 6.92. The van der Waals surface area contributed by atoms with Crippen LogP contribution in [0.4, 0.5) is 0 Å². The number of hydrogen-bond donors (Lipinski definition) is 2. The fourth-order valence-corrected chi connectivity index (χ4v) is 3.35. The largest absolute Gasteiger partial charge is 0.377 e. The van der Waals surface area contributed by atoms with E-state index in [1.54, 1.807) is 0 Å². The number of rotatable bonds is 6. The zero-order valence-electron chi connectivity index (χ0n) is 12.5. The Morgan fingerprint density at radius 2 is 1.72 bits per heavy atom. The van der Waals surface area contributed by atoms with E-state index in [1.807, 2.05) is 0 Å². The Bertz CT molecular complexity index is 256. The molecule has 18 heavy (non-hydrogen) atoms. The molecule has 3 nitrogen and oxygen atoms in total. The monoisotopic (exact) mass is 254 g/mol. The van der Waals surface area contributed by atoms with Crippen LogP contribution in [0.5, 0.6) is 0 Å². The summed E-state index contributed by atoms with van der Waals surface area (Å²) in [5.74, 6) is 0.809. The molecule has 0 amide bonds. The summed E-state index contributed by atoms with van der Waals surface area (Å²) >= 11 is 0. The van der Waals surface area contributed by atoms with Crippen molar-refractivity contribution in [3.8, 4) is 0 Å². The van der Waals surface area contributed by atoms with E-state index in [1.165, 1.54) is 12.8 Å². The molecule has 106 valence electrons. The van der Waals surface area contributed by atoms with Gasteiger partial charge < -0.3 is 15.4 Å². The van der Waals surface area contributed by atoms with Gasteiger partial charge in [-0.05, 0) is 49.2 Å². The highest BCUT2D eigenvalue weighted by Crippen LogP contribution is 2.67. The molecule has 0 unspecified atom stereocenters. The molecule has 0 spiro atoms. The molecule has 0 aromatic carbocycles. The SMILES string of the molecule is CC1(C)C(CNCCOC2CCNCC2)C1(C)C. The van der Waals surface area contributed by atoms with Gasteiger partial charge in [0, 0.05) is 6.54 Å². The first-order valence-electron chi connectivity index (χ1n) is 7.49. The van der Waals surface area contributed by atoms with E-state index in [9.17, 15) is 0 Å². The molecule has 2 aliphatic rings. The molecule has 3 heteroatoms. The lowest BCUT2D eigenvalue weighted by molar-refractivity contribution is 0.0347. The molecule has 0 aromatic rings. The van der Waals surface area contributed by atoms with Crippen molar-refractivity contribution in [3.63, 3.8) is 0 Å². The minimum atomic E-state index is 0.488. The zero-order chi connectivity index (χ0) is 13.2. The van der Waals surface area contributed by atoms with Gasteiger partial charge in [0.25, 0.3) is 0 Å². The highest BCUT2D eigenvalue weighted by molar-refractivity contribution is 5.12. The van der Waals surface area contributed by atoms with Gasteiger partial charge in [0.1, 0.15) is 0 Å². The van der Waals surface area contributed by atoms with Crippen LogP contribution in [0.2, 0.25) is 0 Å². The van der Waals surface area contributed by atoms with Crippen LogP contribution in [0.1, 0.15) is 40.5 Å². The minimum absolute atomic E-state index is 0.488. The quantitative estimate of drug-likeness (QED) is 0.712. The fourth-order valence-electron chi connectivity index (χ4n) is 3.35. The molecule has 0 atom stereocenters. The Morgan fingerprint density at radius 3 is 2.28 bits per heavy atom. The van der Waals surface area contributed by atoms with Crippen LogP contribution in [0.15, 0.2) is 0 Å². The Labute approximate surface area is 112 Å². The first kappa shape index (κ1) is 14.3. The van der Waals surface area contributed by atoms with Crippen molar-refractivity contribution >= 4 is 0 Å². The van der Waals surface area contributed by atoms with Crippen molar-refractivity contribution < 1.29 is 4.74 Å².